The second-order valence-electron chi connectivity index (χ2n) is 9.24. The second-order valence-corrected chi connectivity index (χ2v) is 9.24. The highest BCUT2D eigenvalue weighted by Gasteiger charge is 2.42. The number of carbonyl (C=O) groups is 5. The summed E-state index contributed by atoms with van der Waals surface area (Å²) >= 11 is 0. The van der Waals surface area contributed by atoms with Crippen molar-refractivity contribution in [3.63, 3.8) is 0 Å². The summed E-state index contributed by atoms with van der Waals surface area (Å²) in [5.74, 6) is -9.43. The molecule has 2 aliphatic heterocycles. The number of nitrogens with zero attached hydrogens (tertiary/aromatic N) is 3. The van der Waals surface area contributed by atoms with Crippen molar-refractivity contribution in [1.82, 2.24) is 20.1 Å². The minimum atomic E-state index is -1.88. The van der Waals surface area contributed by atoms with Gasteiger partial charge in [-0.05, 0) is 18.1 Å². The standard InChI is InChI=1S/C24H22BF3N4O9/c26-3-4-31-5-6-32(22(36)21(31)35)24(39)30-19(18-15(28)9-13(33)10-29-18)16(34)8-12-7-11-1-2-14(27)17(23(37)38)20(11)41-25(12)40/h1-2,9-10,12,19,33,40H,3-8H2,(H,30,39)(H,37,38)/t12-,19?/m1/s1. The number of nitrogens with one attached hydrogen (secondary N) is 1. The summed E-state index contributed by atoms with van der Waals surface area (Å²) in [5.41, 5.74) is -1.30. The van der Waals surface area contributed by atoms with Crippen LogP contribution in [-0.4, -0.2) is 93.0 Å². The predicted octanol–water partition coefficient (Wildman–Crippen LogP) is 0.600. The van der Waals surface area contributed by atoms with Gasteiger partial charge in [0.15, 0.2) is 11.6 Å². The first-order valence-corrected chi connectivity index (χ1v) is 12.2. The molecule has 1 aromatic carbocycles. The first kappa shape index (κ1) is 29.3. The van der Waals surface area contributed by atoms with Crippen molar-refractivity contribution in [2.24, 2.45) is 0 Å². The van der Waals surface area contributed by atoms with Crippen LogP contribution in [0.15, 0.2) is 24.4 Å². The molecule has 1 aromatic heterocycles. The van der Waals surface area contributed by atoms with Gasteiger partial charge in [0.05, 0.1) is 6.20 Å². The summed E-state index contributed by atoms with van der Waals surface area (Å²) in [6.07, 6.45) is 0.0228. The van der Waals surface area contributed by atoms with E-state index in [9.17, 15) is 52.4 Å². The number of urea groups is 1. The van der Waals surface area contributed by atoms with Gasteiger partial charge in [0.25, 0.3) is 0 Å². The molecular weight excluding hydrogens is 556 g/mol. The van der Waals surface area contributed by atoms with Crippen LogP contribution < -0.4 is 9.97 Å². The van der Waals surface area contributed by atoms with Crippen LogP contribution in [0.5, 0.6) is 11.5 Å². The zero-order valence-electron chi connectivity index (χ0n) is 21.1. The van der Waals surface area contributed by atoms with E-state index >= 15 is 0 Å². The number of hydrogen-bond donors (Lipinski definition) is 4. The lowest BCUT2D eigenvalue weighted by Gasteiger charge is -2.33. The number of ketones is 1. The molecule has 4 N–H and O–H groups in total. The number of aromatic carboxylic acids is 1. The van der Waals surface area contributed by atoms with E-state index in [0.717, 1.165) is 17.2 Å². The third kappa shape index (κ3) is 5.94. The highest BCUT2D eigenvalue weighted by atomic mass is 19.1. The van der Waals surface area contributed by atoms with Crippen molar-refractivity contribution < 1.29 is 57.0 Å². The van der Waals surface area contributed by atoms with Crippen LogP contribution in [0.25, 0.3) is 0 Å². The lowest BCUT2D eigenvalue weighted by atomic mass is 9.64. The average Bonchev–Trinajstić information content (AvgIpc) is 2.90. The third-order valence-corrected chi connectivity index (χ3v) is 6.62. The van der Waals surface area contributed by atoms with Gasteiger partial charge in [0.1, 0.15) is 41.3 Å². The minimum absolute atomic E-state index is 0.164. The van der Waals surface area contributed by atoms with Gasteiger partial charge in [-0.2, -0.15) is 0 Å². The van der Waals surface area contributed by atoms with E-state index in [1.165, 1.54) is 6.07 Å². The molecule has 1 saturated heterocycles. The molecule has 17 heteroatoms. The number of amides is 4. The molecule has 4 amide bonds. The fraction of sp³-hybridized carbons (Fsp3) is 0.333. The Balaban J connectivity index is 1.58. The molecule has 4 rings (SSSR count). The molecule has 2 aliphatic rings. The van der Waals surface area contributed by atoms with Crippen LogP contribution in [0, 0.1) is 11.6 Å². The summed E-state index contributed by atoms with van der Waals surface area (Å²) in [4.78, 5) is 67.6. The maximum absolute atomic E-state index is 14.8. The second kappa shape index (κ2) is 11.8. The molecule has 0 bridgehead atoms. The highest BCUT2D eigenvalue weighted by Crippen LogP contribution is 2.38. The molecule has 41 heavy (non-hydrogen) atoms. The van der Waals surface area contributed by atoms with Crippen LogP contribution >= 0.6 is 0 Å². The van der Waals surface area contributed by atoms with E-state index in [1.54, 1.807) is 0 Å². The Bertz CT molecular complexity index is 1430. The number of pyridine rings is 1. The summed E-state index contributed by atoms with van der Waals surface area (Å²) in [6.45, 7) is -1.81. The SMILES string of the molecule is O=C(O)c1c(F)ccc2c1OB(O)[C@@H](CC(=O)C(NC(=O)N1CCN(CCF)C(=O)C1=O)c1ncc(O)cc1F)C2. The number of carboxylic acids is 1. The number of aromatic nitrogens is 1. The van der Waals surface area contributed by atoms with Crippen LogP contribution in [-0.2, 0) is 20.8 Å². The molecule has 216 valence electrons. The first-order valence-electron chi connectivity index (χ1n) is 12.2. The van der Waals surface area contributed by atoms with Crippen molar-refractivity contribution in [2.45, 2.75) is 24.7 Å². The number of benzene rings is 1. The number of halogens is 3. The number of fused-ring (bicyclic) bond motifs is 1. The number of Topliss-reactive ketones (excluding diaryl/α,β-unsaturated/α-hetero) is 1. The zero-order valence-corrected chi connectivity index (χ0v) is 21.1. The molecule has 13 nitrogen and oxygen atoms in total. The number of rotatable bonds is 8. The van der Waals surface area contributed by atoms with E-state index in [0.29, 0.717) is 11.0 Å². The summed E-state index contributed by atoms with van der Waals surface area (Å²) in [7, 11) is -1.80. The monoisotopic (exact) mass is 578 g/mol. The number of aromatic hydroxyl groups is 1. The highest BCUT2D eigenvalue weighted by molar-refractivity contribution is 6.47. The fourth-order valence-electron chi connectivity index (χ4n) is 4.58. The molecule has 0 radical (unpaired) electrons. The molecule has 0 saturated carbocycles. The molecule has 1 unspecified atom stereocenters. The fourth-order valence-corrected chi connectivity index (χ4v) is 4.58. The number of piperazine rings is 1. The summed E-state index contributed by atoms with van der Waals surface area (Å²) < 4.78 is 46.7. The first-order chi connectivity index (χ1) is 19.4. The van der Waals surface area contributed by atoms with Gasteiger partial charge in [-0.15, -0.1) is 0 Å². The van der Waals surface area contributed by atoms with E-state index in [-0.39, 0.29) is 31.6 Å². The van der Waals surface area contributed by atoms with Crippen molar-refractivity contribution >= 4 is 36.7 Å². The molecule has 0 aliphatic carbocycles. The van der Waals surface area contributed by atoms with E-state index in [1.807, 2.05) is 0 Å². The van der Waals surface area contributed by atoms with Gasteiger partial charge in [-0.1, -0.05) is 6.07 Å². The number of imide groups is 1. The maximum Gasteiger partial charge on any atom is 0.526 e. The Kier molecular flexibility index (Phi) is 8.46. The number of carbonyl (C=O) groups excluding carboxylic acids is 4. The van der Waals surface area contributed by atoms with Gasteiger partial charge >= 0.3 is 30.9 Å². The molecule has 3 heterocycles. The Morgan fingerprint density at radius 2 is 1.90 bits per heavy atom. The quantitative estimate of drug-likeness (QED) is 0.255. The zero-order chi connectivity index (χ0) is 30.0. The maximum atomic E-state index is 14.8. The van der Waals surface area contributed by atoms with Crippen LogP contribution in [0.1, 0.15) is 34.1 Å². The lowest BCUT2D eigenvalue weighted by Crippen LogP contribution is -2.59. The number of carboxylic acid groups (broad SMARTS) is 1. The van der Waals surface area contributed by atoms with Gasteiger partial charge in [-0.25, -0.2) is 22.8 Å². The predicted molar refractivity (Wildman–Crippen MR) is 130 cm³/mol. The largest absolute Gasteiger partial charge is 0.535 e. The van der Waals surface area contributed by atoms with Gasteiger partial charge in [0, 0.05) is 37.9 Å². The number of alkyl halides is 1. The van der Waals surface area contributed by atoms with Crippen LogP contribution in [0.3, 0.4) is 0 Å². The minimum Gasteiger partial charge on any atom is -0.535 e. The van der Waals surface area contributed by atoms with E-state index in [4.69, 9.17) is 4.65 Å². The lowest BCUT2D eigenvalue weighted by molar-refractivity contribution is -0.153. The van der Waals surface area contributed by atoms with Crippen LogP contribution in [0.2, 0.25) is 5.82 Å². The molecular formula is C24H22BF3N4O9. The Hall–Kier alpha value is -4.67. The number of hydrogen-bond acceptors (Lipinski definition) is 9. The van der Waals surface area contributed by atoms with E-state index < -0.39 is 96.1 Å². The van der Waals surface area contributed by atoms with Crippen molar-refractivity contribution in [1.29, 1.82) is 0 Å². The van der Waals surface area contributed by atoms with Crippen molar-refractivity contribution in [3.05, 3.63) is 52.9 Å². The average molecular weight is 578 g/mol. The van der Waals surface area contributed by atoms with E-state index in [2.05, 4.69) is 10.3 Å². The molecule has 1 fully saturated rings. The topological polar surface area (TPSA) is 187 Å². The Labute approximate surface area is 229 Å². The van der Waals surface area contributed by atoms with Crippen LogP contribution in [0.4, 0.5) is 18.0 Å². The molecule has 2 aromatic rings. The molecule has 0 spiro atoms. The Morgan fingerprint density at radius 1 is 1.17 bits per heavy atom. The van der Waals surface area contributed by atoms with Gasteiger partial charge in [-0.3, -0.25) is 24.3 Å². The van der Waals surface area contributed by atoms with Gasteiger partial charge in [0.2, 0.25) is 0 Å². The smallest absolute Gasteiger partial charge is 0.526 e. The molecule has 2 atom stereocenters. The van der Waals surface area contributed by atoms with Gasteiger partial charge < -0.3 is 30.1 Å². The normalized spacial score (nSPS) is 17.6. The van der Waals surface area contributed by atoms with Crippen molar-refractivity contribution in [2.75, 3.05) is 26.3 Å². The Morgan fingerprint density at radius 3 is 2.56 bits per heavy atom. The summed E-state index contributed by atoms with van der Waals surface area (Å²) in [6, 6.07) is -0.427. The third-order valence-electron chi connectivity index (χ3n) is 6.62. The summed E-state index contributed by atoms with van der Waals surface area (Å²) in [5, 5.41) is 31.5. The van der Waals surface area contributed by atoms with Crippen molar-refractivity contribution in [3.8, 4) is 11.5 Å².